The van der Waals surface area contributed by atoms with E-state index < -0.39 is 5.97 Å². The number of nitrogens with zero attached hydrogens (tertiary/aromatic N) is 4. The van der Waals surface area contributed by atoms with E-state index in [9.17, 15) is 9.59 Å². The van der Waals surface area contributed by atoms with Crippen molar-refractivity contribution >= 4 is 35.2 Å². The summed E-state index contributed by atoms with van der Waals surface area (Å²) in [5.74, 6) is 0.219. The third kappa shape index (κ3) is 5.07. The van der Waals surface area contributed by atoms with Crippen molar-refractivity contribution in [1.82, 2.24) is 18.5 Å². The monoisotopic (exact) mass is 480 g/mol. The number of benzene rings is 2. The number of rotatable bonds is 11. The minimum Gasteiger partial charge on any atom is -0.476 e. The zero-order valence-electron chi connectivity index (χ0n) is 18.9. The van der Waals surface area contributed by atoms with E-state index in [1.54, 1.807) is 19.1 Å². The average Bonchev–Trinajstić information content (AvgIpc) is 3.43. The number of esters is 1. The van der Waals surface area contributed by atoms with Crippen molar-refractivity contribution in [3.05, 3.63) is 64.7 Å². The molecule has 0 unspecified atom stereocenters. The van der Waals surface area contributed by atoms with Crippen LogP contribution in [0, 0.1) is 0 Å². The fourth-order valence-electron chi connectivity index (χ4n) is 3.58. The molecule has 10 heteroatoms. The van der Waals surface area contributed by atoms with Crippen LogP contribution in [0.5, 0.6) is 11.8 Å². The summed E-state index contributed by atoms with van der Waals surface area (Å²) in [5, 5.41) is 4.59. The van der Waals surface area contributed by atoms with E-state index >= 15 is 0 Å². The zero-order chi connectivity index (χ0) is 23.9. The summed E-state index contributed by atoms with van der Waals surface area (Å²) in [6.07, 6.45) is 1.20. The van der Waals surface area contributed by atoms with Crippen molar-refractivity contribution in [3.8, 4) is 11.8 Å². The van der Waals surface area contributed by atoms with Crippen molar-refractivity contribution in [2.24, 2.45) is 0 Å². The van der Waals surface area contributed by atoms with Crippen LogP contribution in [-0.4, -0.2) is 44.2 Å². The average molecular weight is 481 g/mol. The summed E-state index contributed by atoms with van der Waals surface area (Å²) in [6.45, 7) is 5.04. The van der Waals surface area contributed by atoms with Crippen LogP contribution >= 0.6 is 11.7 Å². The maximum atomic E-state index is 12.4. The Balaban J connectivity index is 1.74. The molecule has 0 aliphatic heterocycles. The predicted molar refractivity (Wildman–Crippen MR) is 126 cm³/mol. The fraction of sp³-hybridized carbons (Fsp3) is 0.292. The molecule has 0 radical (unpaired) electrons. The van der Waals surface area contributed by atoms with Gasteiger partial charge in [0, 0.05) is 6.42 Å². The van der Waals surface area contributed by atoms with E-state index in [1.807, 2.05) is 37.3 Å². The lowest BCUT2D eigenvalue weighted by Gasteiger charge is -2.11. The Kier molecular flexibility index (Phi) is 7.48. The van der Waals surface area contributed by atoms with Gasteiger partial charge >= 0.3 is 5.97 Å². The lowest BCUT2D eigenvalue weighted by molar-refractivity contribution is -0.121. The Bertz CT molecular complexity index is 1300. The summed E-state index contributed by atoms with van der Waals surface area (Å²) in [7, 11) is 0. The lowest BCUT2D eigenvalue weighted by Crippen LogP contribution is -2.12. The van der Waals surface area contributed by atoms with Crippen molar-refractivity contribution in [2.45, 2.75) is 33.2 Å². The molecule has 2 aromatic carbocycles. The largest absolute Gasteiger partial charge is 0.476 e. The van der Waals surface area contributed by atoms with Gasteiger partial charge in [-0.15, -0.1) is 5.10 Å². The molecule has 0 atom stereocenters. The van der Waals surface area contributed by atoms with E-state index in [-0.39, 0.29) is 19.0 Å². The first-order valence-electron chi connectivity index (χ1n) is 10.9. The van der Waals surface area contributed by atoms with E-state index in [0.717, 1.165) is 34.7 Å². The van der Waals surface area contributed by atoms with E-state index in [1.165, 1.54) is 4.68 Å². The molecule has 0 aliphatic carbocycles. The third-order valence-corrected chi connectivity index (χ3v) is 5.65. The van der Waals surface area contributed by atoms with Gasteiger partial charge in [-0.2, -0.15) is 8.75 Å². The van der Waals surface area contributed by atoms with Gasteiger partial charge in [0.15, 0.2) is 0 Å². The van der Waals surface area contributed by atoms with Crippen LogP contribution in [0.2, 0.25) is 0 Å². The molecule has 0 N–H and O–H groups in total. The lowest BCUT2D eigenvalue weighted by atomic mass is 10.1. The SMILES string of the molecule is CCCOc1nn(Cc2ccccc2C(=O)OCC)c(OC=O)c1Cc1ccc2nsnc2c1. The number of ether oxygens (including phenoxy) is 3. The van der Waals surface area contributed by atoms with Gasteiger partial charge in [0.2, 0.25) is 11.8 Å². The third-order valence-electron chi connectivity index (χ3n) is 5.10. The van der Waals surface area contributed by atoms with Gasteiger partial charge in [-0.25, -0.2) is 9.48 Å². The molecule has 0 amide bonds. The second kappa shape index (κ2) is 10.9. The van der Waals surface area contributed by atoms with Crippen LogP contribution in [0.25, 0.3) is 11.0 Å². The minimum absolute atomic E-state index is 0.190. The van der Waals surface area contributed by atoms with Gasteiger partial charge in [0.05, 0.1) is 42.6 Å². The van der Waals surface area contributed by atoms with E-state index in [4.69, 9.17) is 14.2 Å². The van der Waals surface area contributed by atoms with Crippen LogP contribution in [-0.2, 0) is 22.5 Å². The Morgan fingerprint density at radius 1 is 1.12 bits per heavy atom. The van der Waals surface area contributed by atoms with Crippen molar-refractivity contribution in [3.63, 3.8) is 0 Å². The number of fused-ring (bicyclic) bond motifs is 1. The summed E-state index contributed by atoms with van der Waals surface area (Å²) in [4.78, 5) is 23.8. The Hall–Kier alpha value is -3.79. The summed E-state index contributed by atoms with van der Waals surface area (Å²) in [6, 6.07) is 12.9. The molecule has 4 rings (SSSR count). The molecule has 9 nitrogen and oxygen atoms in total. The molecule has 0 saturated carbocycles. The molecule has 0 fully saturated rings. The second-order valence-corrected chi connectivity index (χ2v) is 7.98. The maximum absolute atomic E-state index is 12.4. The Morgan fingerprint density at radius 3 is 2.74 bits per heavy atom. The number of carbonyl (C=O) groups excluding carboxylic acids is 2. The molecule has 0 aliphatic rings. The van der Waals surface area contributed by atoms with Crippen LogP contribution in [0.3, 0.4) is 0 Å². The highest BCUT2D eigenvalue weighted by Gasteiger charge is 2.23. The van der Waals surface area contributed by atoms with Crippen LogP contribution in [0.1, 0.15) is 47.3 Å². The van der Waals surface area contributed by atoms with Crippen LogP contribution < -0.4 is 9.47 Å². The molecule has 2 aromatic heterocycles. The number of hydrogen-bond acceptors (Lipinski definition) is 9. The topological polar surface area (TPSA) is 105 Å². The normalized spacial score (nSPS) is 10.9. The highest BCUT2D eigenvalue weighted by atomic mass is 32.1. The fourth-order valence-corrected chi connectivity index (χ4v) is 4.10. The second-order valence-electron chi connectivity index (χ2n) is 7.45. The van der Waals surface area contributed by atoms with Gasteiger partial charge in [-0.05, 0) is 42.7 Å². The molecule has 0 saturated heterocycles. The first kappa shape index (κ1) is 23.4. The molecule has 0 bridgehead atoms. The summed E-state index contributed by atoms with van der Waals surface area (Å²) < 4.78 is 26.6. The van der Waals surface area contributed by atoms with Gasteiger partial charge in [0.1, 0.15) is 11.0 Å². The molecule has 4 aromatic rings. The van der Waals surface area contributed by atoms with Gasteiger partial charge in [-0.3, -0.25) is 4.79 Å². The zero-order valence-corrected chi connectivity index (χ0v) is 19.7. The molecule has 0 spiro atoms. The smallest absolute Gasteiger partial charge is 0.338 e. The van der Waals surface area contributed by atoms with E-state index in [0.29, 0.717) is 42.1 Å². The number of aromatic nitrogens is 4. The van der Waals surface area contributed by atoms with Crippen LogP contribution in [0.4, 0.5) is 0 Å². The minimum atomic E-state index is -0.420. The first-order valence-corrected chi connectivity index (χ1v) is 11.7. The number of carbonyl (C=O) groups is 2. The van der Waals surface area contributed by atoms with Crippen molar-refractivity contribution in [2.75, 3.05) is 13.2 Å². The quantitative estimate of drug-likeness (QED) is 0.234. The predicted octanol–water partition coefficient (Wildman–Crippen LogP) is 4.03. The standard InChI is InChI=1S/C24H24N4O5S/c1-3-11-32-22-19(12-16-9-10-20-21(13-16)27-34-26-20)23(33-15-29)28(25-22)14-17-7-5-6-8-18(17)24(30)31-4-2/h5-10,13,15H,3-4,11-12,14H2,1-2H3. The van der Waals surface area contributed by atoms with Crippen LogP contribution in [0.15, 0.2) is 42.5 Å². The molecular formula is C24H24N4O5S. The Morgan fingerprint density at radius 2 is 1.94 bits per heavy atom. The molecule has 176 valence electrons. The summed E-state index contributed by atoms with van der Waals surface area (Å²) in [5.41, 5.74) is 4.32. The first-order chi connectivity index (χ1) is 16.6. The van der Waals surface area contributed by atoms with E-state index in [2.05, 4.69) is 13.8 Å². The van der Waals surface area contributed by atoms with Crippen molar-refractivity contribution in [1.29, 1.82) is 0 Å². The molecule has 2 heterocycles. The van der Waals surface area contributed by atoms with Gasteiger partial charge in [0.25, 0.3) is 6.47 Å². The molecular weight excluding hydrogens is 456 g/mol. The molecule has 34 heavy (non-hydrogen) atoms. The Labute approximate surface area is 200 Å². The van der Waals surface area contributed by atoms with Gasteiger partial charge in [-0.1, -0.05) is 31.2 Å². The summed E-state index contributed by atoms with van der Waals surface area (Å²) >= 11 is 1.16. The van der Waals surface area contributed by atoms with Crippen molar-refractivity contribution < 1.29 is 23.8 Å². The highest BCUT2D eigenvalue weighted by molar-refractivity contribution is 7.00. The number of hydrogen-bond donors (Lipinski definition) is 0. The highest BCUT2D eigenvalue weighted by Crippen LogP contribution is 2.32. The van der Waals surface area contributed by atoms with Gasteiger partial charge < -0.3 is 14.2 Å². The maximum Gasteiger partial charge on any atom is 0.338 e.